The summed E-state index contributed by atoms with van der Waals surface area (Å²) < 4.78 is 33.1. The van der Waals surface area contributed by atoms with Crippen LogP contribution < -0.4 is 0 Å². The molecule has 0 aromatic carbocycles. The molecule has 0 spiro atoms. The molecule has 50 valence electrons. The van der Waals surface area contributed by atoms with Gasteiger partial charge in [0.15, 0.2) is 6.10 Å². The predicted molar refractivity (Wildman–Crippen MR) is 19.1 cm³/mol. The molecule has 0 amide bonds. The van der Waals surface area contributed by atoms with Crippen molar-refractivity contribution in [1.82, 2.24) is 0 Å². The molecule has 0 aromatic heterocycles. The molecule has 2 nitrogen and oxygen atoms in total. The fraction of sp³-hybridized carbons (Fsp3) is 1.00. The van der Waals surface area contributed by atoms with Crippen LogP contribution in [0.2, 0.25) is 0 Å². The van der Waals surface area contributed by atoms with E-state index in [-0.39, 0.29) is 0 Å². The zero-order chi connectivity index (χ0) is 6.78. The molecule has 0 bridgehead atoms. The third kappa shape index (κ3) is 2.13. The van der Waals surface area contributed by atoms with Crippen molar-refractivity contribution in [2.45, 2.75) is 12.3 Å². The Morgan fingerprint density at radius 1 is 1.38 bits per heavy atom. The maximum Gasteiger partial charge on any atom is 0.416 e. The van der Waals surface area contributed by atoms with Crippen molar-refractivity contribution in [3.8, 4) is 0 Å². The molecule has 0 rings (SSSR count). The molecule has 2 N–H and O–H groups in total. The van der Waals surface area contributed by atoms with Crippen molar-refractivity contribution >= 4 is 0 Å². The van der Waals surface area contributed by atoms with Crippen molar-refractivity contribution in [2.24, 2.45) is 0 Å². The first kappa shape index (κ1) is 7.71. The molecule has 8 heavy (non-hydrogen) atoms. The van der Waals surface area contributed by atoms with Gasteiger partial charge in [0.2, 0.25) is 0 Å². The van der Waals surface area contributed by atoms with E-state index in [4.69, 9.17) is 10.2 Å². The standard InChI is InChI=1S/C3H5F3O2/c4-3(5,6)2(8)1-7/h2,7-8H,1H2/t2-/m1/s1. The SMILES string of the molecule is OC[C@@H](O)C(F)(F)F. The van der Waals surface area contributed by atoms with Crippen molar-refractivity contribution < 1.29 is 23.4 Å². The molecular formula is C3H5F3O2. The van der Waals surface area contributed by atoms with Crippen LogP contribution in [0.1, 0.15) is 0 Å². The van der Waals surface area contributed by atoms with Gasteiger partial charge in [0.1, 0.15) is 0 Å². The third-order valence-electron chi connectivity index (χ3n) is 0.551. The first-order valence-electron chi connectivity index (χ1n) is 1.84. The van der Waals surface area contributed by atoms with Gasteiger partial charge in [0.25, 0.3) is 0 Å². The number of aliphatic hydroxyl groups excluding tert-OH is 2. The molecule has 0 heterocycles. The maximum absolute atomic E-state index is 11.0. The summed E-state index contributed by atoms with van der Waals surface area (Å²) in [5.41, 5.74) is 0. The Bertz CT molecular complexity index is 69.4. The highest BCUT2D eigenvalue weighted by Gasteiger charge is 2.37. The molecule has 0 aromatic rings. The van der Waals surface area contributed by atoms with Crippen molar-refractivity contribution in [2.75, 3.05) is 6.61 Å². The number of aliphatic hydroxyl groups is 2. The van der Waals surface area contributed by atoms with Crippen LogP contribution in [0, 0.1) is 0 Å². The Hall–Kier alpha value is -0.290. The van der Waals surface area contributed by atoms with Gasteiger partial charge >= 0.3 is 6.18 Å². The average Bonchev–Trinajstić information content (AvgIpc) is 1.62. The fourth-order valence-electron chi connectivity index (χ4n) is 0.104. The minimum absolute atomic E-state index is 1.27. The van der Waals surface area contributed by atoms with Crippen LogP contribution in [-0.2, 0) is 0 Å². The van der Waals surface area contributed by atoms with Gasteiger partial charge in [-0.05, 0) is 0 Å². The van der Waals surface area contributed by atoms with E-state index in [0.29, 0.717) is 0 Å². The van der Waals surface area contributed by atoms with Crippen LogP contribution in [0.5, 0.6) is 0 Å². The highest BCUT2D eigenvalue weighted by molar-refractivity contribution is 4.61. The molecule has 0 radical (unpaired) electrons. The first-order chi connectivity index (χ1) is 3.48. The number of halogens is 3. The van der Waals surface area contributed by atoms with Gasteiger partial charge in [-0.15, -0.1) is 0 Å². The second kappa shape index (κ2) is 2.32. The zero-order valence-electron chi connectivity index (χ0n) is 3.81. The lowest BCUT2D eigenvalue weighted by atomic mass is 10.4. The number of alkyl halides is 3. The van der Waals surface area contributed by atoms with Crippen LogP contribution in [0.25, 0.3) is 0 Å². The largest absolute Gasteiger partial charge is 0.416 e. The summed E-state index contributed by atoms with van der Waals surface area (Å²) in [6.45, 7) is -1.27. The van der Waals surface area contributed by atoms with E-state index in [1.165, 1.54) is 0 Å². The van der Waals surface area contributed by atoms with Gasteiger partial charge in [-0.2, -0.15) is 13.2 Å². The van der Waals surface area contributed by atoms with Gasteiger partial charge in [-0.3, -0.25) is 0 Å². The molecule has 0 aliphatic carbocycles. The van der Waals surface area contributed by atoms with E-state index < -0.39 is 18.9 Å². The Labute approximate surface area is 43.6 Å². The molecule has 5 heteroatoms. The lowest BCUT2D eigenvalue weighted by molar-refractivity contribution is -0.212. The molecule has 0 fully saturated rings. The predicted octanol–water partition coefficient (Wildman–Crippen LogP) is -0.0981. The molecule has 0 saturated carbocycles. The Balaban J connectivity index is 3.62. The fourth-order valence-corrected chi connectivity index (χ4v) is 0.104. The summed E-state index contributed by atoms with van der Waals surface area (Å²) in [5.74, 6) is 0. The van der Waals surface area contributed by atoms with E-state index >= 15 is 0 Å². The summed E-state index contributed by atoms with van der Waals surface area (Å²) in [4.78, 5) is 0. The first-order valence-corrected chi connectivity index (χ1v) is 1.84. The van der Waals surface area contributed by atoms with E-state index in [9.17, 15) is 13.2 Å². The van der Waals surface area contributed by atoms with Gasteiger partial charge in [0.05, 0.1) is 6.61 Å². The summed E-state index contributed by atoms with van der Waals surface area (Å²) >= 11 is 0. The molecule has 0 unspecified atom stereocenters. The van der Waals surface area contributed by atoms with Crippen LogP contribution in [-0.4, -0.2) is 29.1 Å². The molecule has 0 aliphatic heterocycles. The van der Waals surface area contributed by atoms with Crippen LogP contribution in [0.4, 0.5) is 13.2 Å². The van der Waals surface area contributed by atoms with Crippen molar-refractivity contribution in [3.63, 3.8) is 0 Å². The van der Waals surface area contributed by atoms with E-state index in [0.717, 1.165) is 0 Å². The zero-order valence-corrected chi connectivity index (χ0v) is 3.81. The molecule has 1 atom stereocenters. The van der Waals surface area contributed by atoms with E-state index in [1.807, 2.05) is 0 Å². The van der Waals surface area contributed by atoms with E-state index in [1.54, 1.807) is 0 Å². The number of hydrogen-bond acceptors (Lipinski definition) is 2. The Morgan fingerprint density at radius 3 is 1.75 bits per heavy atom. The smallest absolute Gasteiger partial charge is 0.393 e. The maximum atomic E-state index is 11.0. The number of hydrogen-bond donors (Lipinski definition) is 2. The summed E-state index contributed by atoms with van der Waals surface area (Å²) in [7, 11) is 0. The monoisotopic (exact) mass is 130 g/mol. The highest BCUT2D eigenvalue weighted by Crippen LogP contribution is 2.18. The minimum Gasteiger partial charge on any atom is -0.393 e. The third-order valence-corrected chi connectivity index (χ3v) is 0.551. The van der Waals surface area contributed by atoms with Gasteiger partial charge in [-0.25, -0.2) is 0 Å². The molecule has 0 aliphatic rings. The second-order valence-electron chi connectivity index (χ2n) is 1.24. The van der Waals surface area contributed by atoms with Crippen LogP contribution in [0.3, 0.4) is 0 Å². The minimum atomic E-state index is -4.69. The normalized spacial score (nSPS) is 16.1. The summed E-state index contributed by atoms with van der Waals surface area (Å²) in [6, 6.07) is 0. The van der Waals surface area contributed by atoms with Crippen molar-refractivity contribution in [3.05, 3.63) is 0 Å². The summed E-state index contributed by atoms with van der Waals surface area (Å²) in [6.07, 6.45) is -7.28. The Kier molecular flexibility index (Phi) is 2.24. The average molecular weight is 130 g/mol. The van der Waals surface area contributed by atoms with Gasteiger partial charge < -0.3 is 10.2 Å². The van der Waals surface area contributed by atoms with Crippen LogP contribution in [0.15, 0.2) is 0 Å². The lowest BCUT2D eigenvalue weighted by Crippen LogP contribution is -2.31. The number of rotatable bonds is 1. The quantitative estimate of drug-likeness (QED) is 0.520. The topological polar surface area (TPSA) is 40.5 Å². The molecule has 0 saturated heterocycles. The van der Waals surface area contributed by atoms with Gasteiger partial charge in [0, 0.05) is 0 Å². The second-order valence-corrected chi connectivity index (χ2v) is 1.24. The van der Waals surface area contributed by atoms with Crippen molar-refractivity contribution in [1.29, 1.82) is 0 Å². The lowest BCUT2D eigenvalue weighted by Gasteiger charge is -2.09. The van der Waals surface area contributed by atoms with E-state index in [2.05, 4.69) is 0 Å². The molecular weight excluding hydrogens is 125 g/mol. The highest BCUT2D eigenvalue weighted by atomic mass is 19.4. The van der Waals surface area contributed by atoms with Gasteiger partial charge in [-0.1, -0.05) is 0 Å². The van der Waals surface area contributed by atoms with Crippen LogP contribution >= 0.6 is 0 Å². The Morgan fingerprint density at radius 2 is 1.75 bits per heavy atom. The summed E-state index contributed by atoms with van der Waals surface area (Å²) in [5, 5.41) is 15.5.